The molecule has 0 aliphatic heterocycles. The molecule has 0 fully saturated rings. The van der Waals surface area contributed by atoms with Crippen molar-refractivity contribution in [1.82, 2.24) is 5.32 Å². The van der Waals surface area contributed by atoms with E-state index in [2.05, 4.69) is 5.32 Å². The Morgan fingerprint density at radius 2 is 1.90 bits per heavy atom. The number of carbonyl (C=O) groups excluding carboxylic acids is 1. The Morgan fingerprint density at radius 3 is 2.43 bits per heavy atom. The van der Waals surface area contributed by atoms with E-state index in [1.807, 2.05) is 6.92 Å². The van der Waals surface area contributed by atoms with Crippen molar-refractivity contribution in [1.29, 1.82) is 0 Å². The first-order valence-electron chi connectivity index (χ1n) is 6.65. The molecule has 1 aromatic rings. The maximum Gasteiger partial charge on any atom is 0.329 e. The molecule has 0 heterocycles. The highest BCUT2D eigenvalue weighted by molar-refractivity contribution is 5.98. The summed E-state index contributed by atoms with van der Waals surface area (Å²) in [4.78, 5) is 34.1. The Bertz CT molecular complexity index is 555. The van der Waals surface area contributed by atoms with E-state index in [-0.39, 0.29) is 12.0 Å². The van der Waals surface area contributed by atoms with Crippen molar-refractivity contribution in [3.8, 4) is 0 Å². The van der Waals surface area contributed by atoms with Crippen LogP contribution in [0, 0.1) is 0 Å². The number of nitrogens with one attached hydrogen (secondary N) is 1. The van der Waals surface area contributed by atoms with Gasteiger partial charge in [0.25, 0.3) is 5.91 Å². The summed E-state index contributed by atoms with van der Waals surface area (Å²) in [5.41, 5.74) is -0.603. The van der Waals surface area contributed by atoms with Crippen LogP contribution in [0.3, 0.4) is 0 Å². The Hall–Kier alpha value is -2.37. The molecule has 6 heteroatoms. The maximum absolute atomic E-state index is 12.2. The lowest BCUT2D eigenvalue weighted by atomic mass is 9.95. The molecular formula is C15H19NO5. The third kappa shape index (κ3) is 4.59. The van der Waals surface area contributed by atoms with Crippen LogP contribution in [-0.2, 0) is 16.0 Å². The normalized spacial score (nSPS) is 13.2. The van der Waals surface area contributed by atoms with Crippen molar-refractivity contribution in [2.45, 2.75) is 38.6 Å². The number of benzene rings is 1. The van der Waals surface area contributed by atoms with Gasteiger partial charge >= 0.3 is 11.9 Å². The van der Waals surface area contributed by atoms with E-state index in [9.17, 15) is 19.5 Å². The number of carboxylic acid groups (broad SMARTS) is 2. The van der Waals surface area contributed by atoms with E-state index in [0.717, 1.165) is 0 Å². The Balaban J connectivity index is 2.93. The number of carbonyl (C=O) groups is 3. The van der Waals surface area contributed by atoms with E-state index < -0.39 is 23.4 Å². The minimum atomic E-state index is -1.34. The van der Waals surface area contributed by atoms with Crippen molar-refractivity contribution < 1.29 is 24.6 Å². The van der Waals surface area contributed by atoms with Gasteiger partial charge in [0.15, 0.2) is 0 Å². The van der Waals surface area contributed by atoms with Crippen LogP contribution in [0.5, 0.6) is 0 Å². The second-order valence-corrected chi connectivity index (χ2v) is 5.11. The van der Waals surface area contributed by atoms with E-state index >= 15 is 0 Å². The second kappa shape index (κ2) is 6.88. The smallest absolute Gasteiger partial charge is 0.329 e. The molecule has 1 aromatic carbocycles. The first kappa shape index (κ1) is 16.7. The monoisotopic (exact) mass is 293 g/mol. The number of hydrogen-bond acceptors (Lipinski definition) is 3. The Labute approximate surface area is 122 Å². The molecular weight excluding hydrogens is 274 g/mol. The molecule has 6 nitrogen and oxygen atoms in total. The number of carboxylic acids is 2. The molecule has 0 aliphatic rings. The highest BCUT2D eigenvalue weighted by atomic mass is 16.4. The summed E-state index contributed by atoms with van der Waals surface area (Å²) in [5, 5.41) is 20.5. The average Bonchev–Trinajstić information content (AvgIpc) is 2.38. The van der Waals surface area contributed by atoms with Gasteiger partial charge in [-0.3, -0.25) is 9.59 Å². The molecule has 0 spiro atoms. The number of rotatable bonds is 7. The largest absolute Gasteiger partial charge is 0.481 e. The van der Waals surface area contributed by atoms with E-state index in [1.54, 1.807) is 12.1 Å². The lowest BCUT2D eigenvalue weighted by Crippen LogP contribution is -2.52. The predicted molar refractivity (Wildman–Crippen MR) is 76.2 cm³/mol. The van der Waals surface area contributed by atoms with Gasteiger partial charge in [-0.2, -0.15) is 0 Å². The van der Waals surface area contributed by atoms with Crippen LogP contribution >= 0.6 is 0 Å². The molecule has 1 amide bonds. The molecule has 0 bridgehead atoms. The van der Waals surface area contributed by atoms with Crippen LogP contribution in [0.1, 0.15) is 42.6 Å². The van der Waals surface area contributed by atoms with Crippen LogP contribution in [0.25, 0.3) is 0 Å². The number of hydrogen-bond donors (Lipinski definition) is 3. The van der Waals surface area contributed by atoms with E-state index in [0.29, 0.717) is 18.4 Å². The standard InChI is InChI=1S/C15H19NO5/c1-3-7-15(2,14(20)21)16-13(19)11-6-4-5-10(8-11)9-12(17)18/h4-6,8H,3,7,9H2,1-2H3,(H,16,19)(H,17,18)(H,20,21). The maximum atomic E-state index is 12.2. The summed E-state index contributed by atoms with van der Waals surface area (Å²) in [6, 6.07) is 6.16. The fourth-order valence-electron chi connectivity index (χ4n) is 2.04. The predicted octanol–water partition coefficient (Wildman–Crippen LogP) is 1.69. The zero-order valence-electron chi connectivity index (χ0n) is 12.0. The Kier molecular flexibility index (Phi) is 5.46. The zero-order valence-corrected chi connectivity index (χ0v) is 12.0. The van der Waals surface area contributed by atoms with Crippen molar-refractivity contribution in [3.63, 3.8) is 0 Å². The lowest BCUT2D eigenvalue weighted by Gasteiger charge is -2.25. The summed E-state index contributed by atoms with van der Waals surface area (Å²) in [7, 11) is 0. The highest BCUT2D eigenvalue weighted by Crippen LogP contribution is 2.15. The minimum absolute atomic E-state index is 0.188. The van der Waals surface area contributed by atoms with Gasteiger partial charge in [-0.15, -0.1) is 0 Å². The van der Waals surface area contributed by atoms with Crippen LogP contribution < -0.4 is 5.32 Å². The highest BCUT2D eigenvalue weighted by Gasteiger charge is 2.34. The first-order chi connectivity index (χ1) is 9.78. The van der Waals surface area contributed by atoms with E-state index in [4.69, 9.17) is 5.11 Å². The van der Waals surface area contributed by atoms with Gasteiger partial charge in [0.05, 0.1) is 6.42 Å². The van der Waals surface area contributed by atoms with E-state index in [1.165, 1.54) is 19.1 Å². The van der Waals surface area contributed by atoms with Crippen molar-refractivity contribution in [2.75, 3.05) is 0 Å². The molecule has 21 heavy (non-hydrogen) atoms. The molecule has 1 atom stereocenters. The lowest BCUT2D eigenvalue weighted by molar-refractivity contribution is -0.144. The van der Waals surface area contributed by atoms with Gasteiger partial charge in [-0.1, -0.05) is 25.5 Å². The molecule has 3 N–H and O–H groups in total. The average molecular weight is 293 g/mol. The summed E-state index contributed by atoms with van der Waals surface area (Å²) >= 11 is 0. The van der Waals surface area contributed by atoms with Crippen LogP contribution in [0.2, 0.25) is 0 Å². The SMILES string of the molecule is CCCC(C)(NC(=O)c1cccc(CC(=O)O)c1)C(=O)O. The minimum Gasteiger partial charge on any atom is -0.481 e. The van der Waals surface area contributed by atoms with Gasteiger partial charge in [0.1, 0.15) is 5.54 Å². The van der Waals surface area contributed by atoms with Gasteiger partial charge in [0, 0.05) is 5.56 Å². The summed E-state index contributed by atoms with van der Waals surface area (Å²) in [6.45, 7) is 3.29. The summed E-state index contributed by atoms with van der Waals surface area (Å²) in [6.07, 6.45) is 0.733. The molecule has 0 aromatic heterocycles. The zero-order chi connectivity index (χ0) is 16.0. The third-order valence-electron chi connectivity index (χ3n) is 3.16. The fraction of sp³-hybridized carbons (Fsp3) is 0.400. The van der Waals surface area contributed by atoms with Gasteiger partial charge in [-0.25, -0.2) is 4.79 Å². The van der Waals surface area contributed by atoms with Gasteiger partial charge in [-0.05, 0) is 31.0 Å². The molecule has 1 rings (SSSR count). The molecule has 1 unspecified atom stereocenters. The molecule has 0 saturated carbocycles. The van der Waals surface area contributed by atoms with Crippen LogP contribution in [0.15, 0.2) is 24.3 Å². The number of amides is 1. The van der Waals surface area contributed by atoms with Crippen LogP contribution in [-0.4, -0.2) is 33.6 Å². The molecule has 114 valence electrons. The second-order valence-electron chi connectivity index (χ2n) is 5.11. The van der Waals surface area contributed by atoms with Crippen molar-refractivity contribution in [3.05, 3.63) is 35.4 Å². The molecule has 0 aliphatic carbocycles. The number of aliphatic carboxylic acids is 2. The summed E-state index contributed by atoms with van der Waals surface area (Å²) in [5.74, 6) is -2.62. The third-order valence-corrected chi connectivity index (χ3v) is 3.16. The first-order valence-corrected chi connectivity index (χ1v) is 6.65. The Morgan fingerprint density at radius 1 is 1.24 bits per heavy atom. The fourth-order valence-corrected chi connectivity index (χ4v) is 2.04. The molecule has 0 saturated heterocycles. The van der Waals surface area contributed by atoms with Crippen molar-refractivity contribution >= 4 is 17.8 Å². The quantitative estimate of drug-likeness (QED) is 0.709. The topological polar surface area (TPSA) is 104 Å². The van der Waals surface area contributed by atoms with Gasteiger partial charge < -0.3 is 15.5 Å². The van der Waals surface area contributed by atoms with Crippen LogP contribution in [0.4, 0.5) is 0 Å². The van der Waals surface area contributed by atoms with Gasteiger partial charge in [0.2, 0.25) is 0 Å². The summed E-state index contributed by atoms with van der Waals surface area (Å²) < 4.78 is 0. The molecule has 0 radical (unpaired) electrons. The van der Waals surface area contributed by atoms with Crippen molar-refractivity contribution in [2.24, 2.45) is 0 Å².